The molecule has 0 spiro atoms. The van der Waals surface area contributed by atoms with Gasteiger partial charge in [0.1, 0.15) is 23.9 Å². The molecule has 0 fully saturated rings. The van der Waals surface area contributed by atoms with E-state index < -0.39 is 0 Å². The Bertz CT molecular complexity index is 1190. The highest BCUT2D eigenvalue weighted by Gasteiger charge is 2.32. The summed E-state index contributed by atoms with van der Waals surface area (Å²) in [5.41, 5.74) is 2.76. The van der Waals surface area contributed by atoms with Crippen molar-refractivity contribution in [3.05, 3.63) is 88.6 Å². The van der Waals surface area contributed by atoms with Crippen molar-refractivity contribution < 1.29 is 23.1 Å². The number of benzene rings is 2. The van der Waals surface area contributed by atoms with Gasteiger partial charge in [0.05, 0.1) is 6.04 Å². The monoisotopic (exact) mass is 464 g/mol. The van der Waals surface area contributed by atoms with Gasteiger partial charge in [-0.25, -0.2) is 4.39 Å². The molecule has 0 bridgehead atoms. The van der Waals surface area contributed by atoms with Crippen LogP contribution in [0.2, 0.25) is 0 Å². The summed E-state index contributed by atoms with van der Waals surface area (Å²) in [4.78, 5) is 26.6. The number of halogens is 1. The summed E-state index contributed by atoms with van der Waals surface area (Å²) >= 11 is 0. The molecule has 0 radical (unpaired) electrons. The zero-order valence-corrected chi connectivity index (χ0v) is 19.6. The second-order valence-corrected chi connectivity index (χ2v) is 8.69. The first kappa shape index (κ1) is 23.5. The number of carbonyl (C=O) groups excluding carboxylic acids is 2. The van der Waals surface area contributed by atoms with E-state index in [0.29, 0.717) is 24.5 Å². The number of fused-ring (bicyclic) bond motifs is 1. The van der Waals surface area contributed by atoms with Crippen LogP contribution in [0.3, 0.4) is 0 Å². The molecule has 1 atom stereocenters. The Morgan fingerprint density at radius 3 is 2.74 bits per heavy atom. The van der Waals surface area contributed by atoms with Crippen LogP contribution in [0.1, 0.15) is 66.2 Å². The lowest BCUT2D eigenvalue weighted by molar-refractivity contribution is -0.132. The Kier molecular flexibility index (Phi) is 7.01. The van der Waals surface area contributed by atoms with E-state index in [-0.39, 0.29) is 42.1 Å². The number of furan rings is 1. The molecule has 2 heterocycles. The van der Waals surface area contributed by atoms with Crippen LogP contribution in [0.25, 0.3) is 0 Å². The first-order chi connectivity index (χ1) is 16.4. The highest BCUT2D eigenvalue weighted by Crippen LogP contribution is 2.37. The number of hydrogen-bond acceptors (Lipinski definition) is 4. The number of ether oxygens (including phenoxy) is 1. The lowest BCUT2D eigenvalue weighted by Crippen LogP contribution is -2.40. The van der Waals surface area contributed by atoms with Crippen LogP contribution in [0.5, 0.6) is 5.75 Å². The van der Waals surface area contributed by atoms with E-state index in [0.717, 1.165) is 23.1 Å². The third kappa shape index (κ3) is 5.14. The fraction of sp³-hybridized carbons (Fsp3) is 0.333. The highest BCUT2D eigenvalue weighted by atomic mass is 19.1. The van der Waals surface area contributed by atoms with Gasteiger partial charge in [0.15, 0.2) is 5.76 Å². The van der Waals surface area contributed by atoms with Gasteiger partial charge in [-0.15, -0.1) is 0 Å². The van der Waals surface area contributed by atoms with E-state index in [1.54, 1.807) is 18.2 Å². The van der Waals surface area contributed by atoms with Crippen LogP contribution in [-0.2, 0) is 17.8 Å². The maximum absolute atomic E-state index is 14.1. The van der Waals surface area contributed by atoms with E-state index in [1.165, 1.54) is 12.1 Å². The molecular weight excluding hydrogens is 435 g/mol. The topological polar surface area (TPSA) is 71.8 Å². The van der Waals surface area contributed by atoms with Gasteiger partial charge in [0.2, 0.25) is 5.91 Å². The summed E-state index contributed by atoms with van der Waals surface area (Å²) < 4.78 is 25.6. The fourth-order valence-electron chi connectivity index (χ4n) is 4.26. The third-order valence-corrected chi connectivity index (χ3v) is 5.82. The van der Waals surface area contributed by atoms with Crippen LogP contribution in [-0.4, -0.2) is 29.3 Å². The van der Waals surface area contributed by atoms with Gasteiger partial charge in [-0.3, -0.25) is 9.59 Å². The van der Waals surface area contributed by atoms with Crippen molar-refractivity contribution in [3.63, 3.8) is 0 Å². The second kappa shape index (κ2) is 10.1. The molecule has 1 N–H and O–H groups in total. The first-order valence-electron chi connectivity index (χ1n) is 11.6. The fourth-order valence-corrected chi connectivity index (χ4v) is 4.26. The van der Waals surface area contributed by atoms with Gasteiger partial charge in [-0.1, -0.05) is 25.1 Å². The van der Waals surface area contributed by atoms with Crippen molar-refractivity contribution in [2.24, 2.45) is 0 Å². The SMILES string of the molecule is CCC(=O)N1CCc2ccc(OCc3ccc(C(=O)NC(C)C)o3)cc2C1c1cccc(F)c1. The normalized spacial score (nSPS) is 15.2. The minimum absolute atomic E-state index is 0.0120. The minimum Gasteiger partial charge on any atom is -0.486 e. The molecule has 7 heteroatoms. The predicted octanol–water partition coefficient (Wildman–Crippen LogP) is 5.02. The van der Waals surface area contributed by atoms with Crippen LogP contribution in [0.4, 0.5) is 4.39 Å². The Morgan fingerprint density at radius 1 is 1.18 bits per heavy atom. The average molecular weight is 465 g/mol. The maximum atomic E-state index is 14.1. The number of rotatable bonds is 7. The molecule has 0 aliphatic carbocycles. The number of carbonyl (C=O) groups is 2. The molecular formula is C27H29FN2O4. The number of hydrogen-bond donors (Lipinski definition) is 1. The summed E-state index contributed by atoms with van der Waals surface area (Å²) in [6, 6.07) is 15.1. The summed E-state index contributed by atoms with van der Waals surface area (Å²) in [6.45, 7) is 6.32. The molecule has 34 heavy (non-hydrogen) atoms. The van der Waals surface area contributed by atoms with E-state index in [9.17, 15) is 14.0 Å². The van der Waals surface area contributed by atoms with Crippen LogP contribution >= 0.6 is 0 Å². The molecule has 3 aromatic rings. The molecule has 1 aromatic heterocycles. The standard InChI is InChI=1S/C27H29FN2O4/c1-4-25(31)30-13-12-18-8-9-21(15-23(18)26(30)19-6-5-7-20(28)14-19)33-16-22-10-11-24(34-22)27(32)29-17(2)3/h5-11,14-15,17,26H,4,12-13,16H2,1-3H3,(H,29,32). The Morgan fingerprint density at radius 2 is 2.00 bits per heavy atom. The van der Waals surface area contributed by atoms with Crippen molar-refractivity contribution >= 4 is 11.8 Å². The second-order valence-electron chi connectivity index (χ2n) is 8.69. The quantitative estimate of drug-likeness (QED) is 0.533. The van der Waals surface area contributed by atoms with Gasteiger partial charge in [-0.2, -0.15) is 0 Å². The lowest BCUT2D eigenvalue weighted by Gasteiger charge is -2.38. The average Bonchev–Trinajstić information content (AvgIpc) is 3.30. The van der Waals surface area contributed by atoms with Crippen molar-refractivity contribution in [1.29, 1.82) is 0 Å². The lowest BCUT2D eigenvalue weighted by atomic mass is 9.87. The van der Waals surface area contributed by atoms with Gasteiger partial charge in [0, 0.05) is 19.0 Å². The molecule has 2 aromatic carbocycles. The van der Waals surface area contributed by atoms with E-state index in [4.69, 9.17) is 9.15 Å². The molecule has 6 nitrogen and oxygen atoms in total. The van der Waals surface area contributed by atoms with Crippen LogP contribution in [0, 0.1) is 5.82 Å². The number of nitrogens with one attached hydrogen (secondary N) is 1. The molecule has 4 rings (SSSR count). The van der Waals surface area contributed by atoms with Crippen molar-refractivity contribution in [2.45, 2.75) is 52.3 Å². The zero-order valence-electron chi connectivity index (χ0n) is 19.6. The van der Waals surface area contributed by atoms with Gasteiger partial charge in [-0.05, 0) is 73.4 Å². The molecule has 178 valence electrons. The minimum atomic E-state index is -0.384. The Labute approximate surface area is 198 Å². The molecule has 2 amide bonds. The molecule has 1 aliphatic heterocycles. The first-order valence-corrected chi connectivity index (χ1v) is 11.6. The van der Waals surface area contributed by atoms with Crippen molar-refractivity contribution in [3.8, 4) is 5.75 Å². The summed E-state index contributed by atoms with van der Waals surface area (Å²) in [5, 5.41) is 2.79. The van der Waals surface area contributed by atoms with E-state index in [2.05, 4.69) is 5.32 Å². The molecule has 0 saturated heterocycles. The van der Waals surface area contributed by atoms with E-state index >= 15 is 0 Å². The number of nitrogens with zero attached hydrogens (tertiary/aromatic N) is 1. The maximum Gasteiger partial charge on any atom is 0.287 e. The van der Waals surface area contributed by atoms with Gasteiger partial charge >= 0.3 is 0 Å². The third-order valence-electron chi connectivity index (χ3n) is 5.82. The van der Waals surface area contributed by atoms with E-state index in [1.807, 2.05) is 49.9 Å². The Hall–Kier alpha value is -3.61. The van der Waals surface area contributed by atoms with Crippen molar-refractivity contribution in [1.82, 2.24) is 10.2 Å². The van der Waals surface area contributed by atoms with Crippen LogP contribution in [0.15, 0.2) is 59.0 Å². The van der Waals surface area contributed by atoms with Gasteiger partial charge < -0.3 is 19.4 Å². The summed E-state index contributed by atoms with van der Waals surface area (Å²) in [7, 11) is 0. The van der Waals surface area contributed by atoms with Crippen molar-refractivity contribution in [2.75, 3.05) is 6.54 Å². The molecule has 1 unspecified atom stereocenters. The molecule has 1 aliphatic rings. The zero-order chi connectivity index (χ0) is 24.2. The van der Waals surface area contributed by atoms with Gasteiger partial charge in [0.25, 0.3) is 5.91 Å². The highest BCUT2D eigenvalue weighted by molar-refractivity contribution is 5.91. The summed E-state index contributed by atoms with van der Waals surface area (Å²) in [6.07, 6.45) is 1.10. The molecule has 0 saturated carbocycles. The van der Waals surface area contributed by atoms with Crippen LogP contribution < -0.4 is 10.1 Å². The smallest absolute Gasteiger partial charge is 0.287 e. The predicted molar refractivity (Wildman–Crippen MR) is 126 cm³/mol. The Balaban J connectivity index is 1.58. The largest absolute Gasteiger partial charge is 0.486 e. The number of amides is 2. The summed E-state index contributed by atoms with van der Waals surface area (Å²) in [5.74, 6) is 0.781.